The van der Waals surface area contributed by atoms with E-state index in [1.165, 1.54) is 10.6 Å². The van der Waals surface area contributed by atoms with Crippen LogP contribution in [-0.2, 0) is 19.6 Å². The van der Waals surface area contributed by atoms with Crippen LogP contribution in [0.25, 0.3) is 0 Å². The van der Waals surface area contributed by atoms with Crippen LogP contribution in [0.5, 0.6) is 5.75 Å². The van der Waals surface area contributed by atoms with Gasteiger partial charge < -0.3 is 15.7 Å². The van der Waals surface area contributed by atoms with Crippen molar-refractivity contribution in [2.24, 2.45) is 5.73 Å². The molecule has 5 rings (SSSR count). The standard InChI is InChI=1S/C32H35F2N5O3/c1-21-8-6-11-24(30(21)40)18-36-14-16-37(17-15-36)29-22(2)38(19-25-26(33)12-7-13-27(25)34)32(42)39(31(29)41)20-28(35)23-9-4-3-5-10-23/h3-13,28,40H,14-20,35H2,1-2H3. The van der Waals surface area contributed by atoms with Gasteiger partial charge in [0.15, 0.2) is 0 Å². The second-order valence-electron chi connectivity index (χ2n) is 10.8. The number of halogens is 2. The van der Waals surface area contributed by atoms with Crippen LogP contribution in [0.2, 0.25) is 0 Å². The molecule has 2 heterocycles. The smallest absolute Gasteiger partial charge is 0.331 e. The van der Waals surface area contributed by atoms with Crippen molar-refractivity contribution in [3.05, 3.63) is 127 Å². The highest BCUT2D eigenvalue weighted by molar-refractivity contribution is 5.50. The Labute approximate surface area is 242 Å². The zero-order valence-electron chi connectivity index (χ0n) is 23.8. The molecule has 1 aliphatic rings. The summed E-state index contributed by atoms with van der Waals surface area (Å²) in [6.07, 6.45) is 0. The molecule has 10 heteroatoms. The summed E-state index contributed by atoms with van der Waals surface area (Å²) in [4.78, 5) is 31.8. The van der Waals surface area contributed by atoms with Gasteiger partial charge >= 0.3 is 5.69 Å². The van der Waals surface area contributed by atoms with Crippen molar-refractivity contribution in [3.8, 4) is 5.75 Å². The van der Waals surface area contributed by atoms with E-state index in [4.69, 9.17) is 5.73 Å². The second kappa shape index (κ2) is 12.3. The number of nitrogens with two attached hydrogens (primary N) is 1. The van der Waals surface area contributed by atoms with Crippen LogP contribution in [-0.4, -0.2) is 45.3 Å². The van der Waals surface area contributed by atoms with Crippen molar-refractivity contribution < 1.29 is 13.9 Å². The SMILES string of the molecule is Cc1cccc(CN2CCN(c3c(C)n(Cc4c(F)cccc4F)c(=O)n(CC(N)c4ccccc4)c3=O)CC2)c1O. The Bertz CT molecular complexity index is 1680. The van der Waals surface area contributed by atoms with Crippen molar-refractivity contribution in [1.82, 2.24) is 14.0 Å². The third-order valence-corrected chi connectivity index (χ3v) is 8.05. The molecule has 3 aromatic carbocycles. The molecule has 0 spiro atoms. The van der Waals surface area contributed by atoms with Gasteiger partial charge in [-0.3, -0.25) is 18.8 Å². The summed E-state index contributed by atoms with van der Waals surface area (Å²) in [5, 5.41) is 10.5. The predicted molar refractivity (Wildman–Crippen MR) is 159 cm³/mol. The summed E-state index contributed by atoms with van der Waals surface area (Å²) >= 11 is 0. The van der Waals surface area contributed by atoms with Gasteiger partial charge in [0.25, 0.3) is 5.56 Å². The van der Waals surface area contributed by atoms with Crippen LogP contribution in [0.1, 0.15) is 34.0 Å². The van der Waals surface area contributed by atoms with Crippen molar-refractivity contribution >= 4 is 5.69 Å². The predicted octanol–water partition coefficient (Wildman–Crippen LogP) is 3.68. The van der Waals surface area contributed by atoms with Gasteiger partial charge in [0.05, 0.1) is 13.1 Å². The average molecular weight is 576 g/mol. The van der Waals surface area contributed by atoms with E-state index in [2.05, 4.69) is 4.90 Å². The van der Waals surface area contributed by atoms with Gasteiger partial charge in [-0.2, -0.15) is 0 Å². The number of hydrogen-bond acceptors (Lipinski definition) is 6. The number of phenolic OH excluding ortho intramolecular Hbond substituents is 1. The summed E-state index contributed by atoms with van der Waals surface area (Å²) in [6.45, 7) is 5.77. The fourth-order valence-corrected chi connectivity index (χ4v) is 5.56. The summed E-state index contributed by atoms with van der Waals surface area (Å²) in [5.74, 6) is -1.26. The lowest BCUT2D eigenvalue weighted by Crippen LogP contribution is -2.51. The molecular formula is C32H35F2N5O3. The first-order valence-corrected chi connectivity index (χ1v) is 14.0. The number of piperazine rings is 1. The topological polar surface area (TPSA) is 96.7 Å². The van der Waals surface area contributed by atoms with E-state index in [0.717, 1.165) is 33.4 Å². The number of anilines is 1. The maximum atomic E-state index is 14.7. The average Bonchev–Trinajstić information content (AvgIpc) is 2.98. The number of aromatic nitrogens is 2. The van der Waals surface area contributed by atoms with Crippen molar-refractivity contribution in [2.45, 2.75) is 39.5 Å². The molecule has 1 fully saturated rings. The molecule has 0 radical (unpaired) electrons. The van der Waals surface area contributed by atoms with Gasteiger partial charge in [0, 0.05) is 55.6 Å². The second-order valence-corrected chi connectivity index (χ2v) is 10.8. The fraction of sp³-hybridized carbons (Fsp3) is 0.312. The van der Waals surface area contributed by atoms with Crippen LogP contribution in [0.15, 0.2) is 76.3 Å². The quantitative estimate of drug-likeness (QED) is 0.333. The number of hydrogen-bond donors (Lipinski definition) is 2. The van der Waals surface area contributed by atoms with Gasteiger partial charge in [-0.25, -0.2) is 13.6 Å². The van der Waals surface area contributed by atoms with Crippen molar-refractivity contribution in [3.63, 3.8) is 0 Å². The molecule has 1 atom stereocenters. The minimum Gasteiger partial charge on any atom is -0.507 e. The van der Waals surface area contributed by atoms with E-state index >= 15 is 0 Å². The van der Waals surface area contributed by atoms with Crippen molar-refractivity contribution in [1.29, 1.82) is 0 Å². The molecule has 1 aromatic heterocycles. The van der Waals surface area contributed by atoms with E-state index < -0.39 is 28.9 Å². The van der Waals surface area contributed by atoms with E-state index in [9.17, 15) is 23.5 Å². The largest absolute Gasteiger partial charge is 0.507 e. The Kier molecular flexibility index (Phi) is 8.56. The normalized spacial score (nSPS) is 14.7. The number of phenols is 1. The molecule has 220 valence electrons. The molecule has 0 bridgehead atoms. The summed E-state index contributed by atoms with van der Waals surface area (Å²) in [7, 11) is 0. The first kappa shape index (κ1) is 29.2. The van der Waals surface area contributed by atoms with Gasteiger partial charge in [0.2, 0.25) is 0 Å². The molecule has 0 amide bonds. The highest BCUT2D eigenvalue weighted by Crippen LogP contribution is 2.25. The monoisotopic (exact) mass is 575 g/mol. The molecule has 4 aromatic rings. The maximum absolute atomic E-state index is 14.7. The van der Waals surface area contributed by atoms with Crippen LogP contribution < -0.4 is 21.9 Å². The highest BCUT2D eigenvalue weighted by Gasteiger charge is 2.27. The Morgan fingerprint density at radius 2 is 1.48 bits per heavy atom. The van der Waals surface area contributed by atoms with E-state index in [1.807, 2.05) is 60.4 Å². The Morgan fingerprint density at radius 1 is 0.833 bits per heavy atom. The Hall–Kier alpha value is -4.28. The van der Waals surface area contributed by atoms with Gasteiger partial charge in [-0.05, 0) is 37.1 Å². The first-order chi connectivity index (χ1) is 20.2. The number of para-hydroxylation sites is 1. The van der Waals surface area contributed by atoms with E-state index in [-0.39, 0.29) is 24.4 Å². The minimum absolute atomic E-state index is 0.0959. The van der Waals surface area contributed by atoms with Crippen LogP contribution in [0.3, 0.4) is 0 Å². The first-order valence-electron chi connectivity index (χ1n) is 14.0. The summed E-state index contributed by atoms with van der Waals surface area (Å²) < 4.78 is 31.7. The van der Waals surface area contributed by atoms with Gasteiger partial charge in [0.1, 0.15) is 23.1 Å². The van der Waals surface area contributed by atoms with E-state index in [0.29, 0.717) is 44.1 Å². The molecule has 1 saturated heterocycles. The fourth-order valence-electron chi connectivity index (χ4n) is 5.56. The molecule has 1 aliphatic heterocycles. The van der Waals surface area contributed by atoms with Gasteiger partial charge in [-0.15, -0.1) is 0 Å². The molecule has 3 N–H and O–H groups in total. The number of rotatable bonds is 8. The minimum atomic E-state index is -0.769. The Morgan fingerprint density at radius 3 is 2.14 bits per heavy atom. The zero-order valence-corrected chi connectivity index (χ0v) is 23.8. The number of nitrogens with zero attached hydrogens (tertiary/aromatic N) is 4. The van der Waals surface area contributed by atoms with Gasteiger partial charge in [-0.1, -0.05) is 54.6 Å². The highest BCUT2D eigenvalue weighted by atomic mass is 19.1. The lowest BCUT2D eigenvalue weighted by Gasteiger charge is -2.37. The number of benzene rings is 3. The number of aromatic hydroxyl groups is 1. The lowest BCUT2D eigenvalue weighted by atomic mass is 10.1. The summed E-state index contributed by atoms with van der Waals surface area (Å²) in [5.41, 5.74) is 8.05. The molecule has 0 aliphatic carbocycles. The Balaban J connectivity index is 1.50. The molecule has 8 nitrogen and oxygen atoms in total. The third-order valence-electron chi connectivity index (χ3n) is 8.05. The van der Waals surface area contributed by atoms with Crippen LogP contribution in [0.4, 0.5) is 14.5 Å². The lowest BCUT2D eigenvalue weighted by molar-refractivity contribution is 0.246. The maximum Gasteiger partial charge on any atom is 0.331 e. The number of aryl methyl sites for hydroxylation is 1. The van der Waals surface area contributed by atoms with E-state index in [1.54, 1.807) is 6.92 Å². The van der Waals surface area contributed by atoms with Crippen molar-refractivity contribution in [2.75, 3.05) is 31.1 Å². The molecule has 0 saturated carbocycles. The zero-order chi connectivity index (χ0) is 30.0. The van der Waals surface area contributed by atoms with Crippen LogP contribution >= 0.6 is 0 Å². The summed E-state index contributed by atoms with van der Waals surface area (Å²) in [6, 6.07) is 17.7. The van der Waals surface area contributed by atoms with Crippen LogP contribution in [0, 0.1) is 25.5 Å². The molecular weight excluding hydrogens is 540 g/mol. The third kappa shape index (κ3) is 5.86. The molecule has 1 unspecified atom stereocenters. The molecule has 42 heavy (non-hydrogen) atoms.